The monoisotopic (exact) mass is 398 g/mol. The number of para-hydroxylation sites is 1. The van der Waals surface area contributed by atoms with Gasteiger partial charge in [-0.2, -0.15) is 0 Å². The number of nitrogens with zero attached hydrogens (tertiary/aromatic N) is 2. The summed E-state index contributed by atoms with van der Waals surface area (Å²) in [5, 5.41) is 1.42. The molecule has 0 N–H and O–H groups in total. The molecular formula is C22H23ClN2O3. The second-order valence-electron chi connectivity index (χ2n) is 7.00. The first-order valence-corrected chi connectivity index (χ1v) is 9.82. The first-order valence-electron chi connectivity index (χ1n) is 9.44. The van der Waals surface area contributed by atoms with Gasteiger partial charge in [-0.1, -0.05) is 23.7 Å². The molecule has 2 heterocycles. The number of hydrogen-bond acceptors (Lipinski definition) is 4. The van der Waals surface area contributed by atoms with Crippen LogP contribution in [-0.4, -0.2) is 44.1 Å². The van der Waals surface area contributed by atoms with Gasteiger partial charge < -0.3 is 19.0 Å². The van der Waals surface area contributed by atoms with E-state index in [1.54, 1.807) is 13.2 Å². The molecule has 1 amide bonds. The van der Waals surface area contributed by atoms with Crippen LogP contribution in [0.15, 0.2) is 46.9 Å². The summed E-state index contributed by atoms with van der Waals surface area (Å²) in [5.41, 5.74) is 2.57. The second kappa shape index (κ2) is 7.76. The molecule has 1 aromatic heterocycles. The zero-order valence-electron chi connectivity index (χ0n) is 16.1. The molecule has 1 aliphatic rings. The summed E-state index contributed by atoms with van der Waals surface area (Å²) in [5.74, 6) is 1.16. The highest BCUT2D eigenvalue weighted by molar-refractivity contribution is 6.35. The van der Waals surface area contributed by atoms with Gasteiger partial charge in [0.25, 0.3) is 5.91 Å². The van der Waals surface area contributed by atoms with E-state index in [4.69, 9.17) is 20.8 Å². The maximum atomic E-state index is 13.1. The first-order chi connectivity index (χ1) is 13.6. The third-order valence-corrected chi connectivity index (χ3v) is 5.63. The van der Waals surface area contributed by atoms with Crippen molar-refractivity contribution in [3.8, 4) is 5.75 Å². The highest BCUT2D eigenvalue weighted by Crippen LogP contribution is 2.31. The molecule has 0 unspecified atom stereocenters. The van der Waals surface area contributed by atoms with E-state index in [9.17, 15) is 4.79 Å². The van der Waals surface area contributed by atoms with Crippen LogP contribution in [0.1, 0.15) is 22.5 Å². The fraction of sp³-hybridized carbons (Fsp3) is 0.318. The molecule has 0 spiro atoms. The molecule has 5 nitrogen and oxygen atoms in total. The quantitative estimate of drug-likeness (QED) is 0.638. The molecule has 0 bridgehead atoms. The number of anilines is 1. The Balaban J connectivity index is 1.52. The van der Waals surface area contributed by atoms with Crippen LogP contribution in [0.5, 0.6) is 5.75 Å². The zero-order chi connectivity index (χ0) is 19.7. The Morgan fingerprint density at radius 2 is 1.86 bits per heavy atom. The van der Waals surface area contributed by atoms with E-state index in [0.717, 1.165) is 41.9 Å². The summed E-state index contributed by atoms with van der Waals surface area (Å²) in [6, 6.07) is 13.6. The van der Waals surface area contributed by atoms with Crippen LogP contribution >= 0.6 is 11.6 Å². The van der Waals surface area contributed by atoms with Crippen molar-refractivity contribution in [3.05, 3.63) is 58.8 Å². The number of fused-ring (bicyclic) bond motifs is 1. The molecule has 1 saturated heterocycles. The number of aryl methyl sites for hydroxylation is 1. The molecule has 146 valence electrons. The van der Waals surface area contributed by atoms with Crippen molar-refractivity contribution in [1.29, 1.82) is 0 Å². The van der Waals surface area contributed by atoms with E-state index >= 15 is 0 Å². The largest absolute Gasteiger partial charge is 0.497 e. The van der Waals surface area contributed by atoms with E-state index < -0.39 is 0 Å². The van der Waals surface area contributed by atoms with Crippen LogP contribution in [0.25, 0.3) is 11.0 Å². The van der Waals surface area contributed by atoms with Gasteiger partial charge in [0.15, 0.2) is 11.3 Å². The average molecular weight is 399 g/mol. The minimum atomic E-state index is -0.0682. The SMILES string of the molecule is COc1ccc(N2CCCN(C(=O)c3oc4c(Cl)cccc4c3C)CC2)cc1. The lowest BCUT2D eigenvalue weighted by Crippen LogP contribution is -2.35. The number of benzene rings is 2. The van der Waals surface area contributed by atoms with Crippen molar-refractivity contribution >= 4 is 34.2 Å². The number of hydrogen-bond donors (Lipinski definition) is 0. The summed E-state index contributed by atoms with van der Waals surface area (Å²) in [4.78, 5) is 17.3. The van der Waals surface area contributed by atoms with Gasteiger partial charge in [0, 0.05) is 42.8 Å². The van der Waals surface area contributed by atoms with Gasteiger partial charge in [0.2, 0.25) is 0 Å². The Morgan fingerprint density at radius 3 is 2.57 bits per heavy atom. The minimum absolute atomic E-state index is 0.0682. The number of halogens is 1. The van der Waals surface area contributed by atoms with Gasteiger partial charge in [-0.25, -0.2) is 0 Å². The lowest BCUT2D eigenvalue weighted by Gasteiger charge is -2.23. The van der Waals surface area contributed by atoms with E-state index in [1.807, 2.05) is 36.1 Å². The minimum Gasteiger partial charge on any atom is -0.497 e. The molecule has 4 rings (SSSR count). The molecule has 2 aromatic carbocycles. The molecule has 6 heteroatoms. The Hall–Kier alpha value is -2.66. The Kier molecular flexibility index (Phi) is 5.18. The predicted molar refractivity (Wildman–Crippen MR) is 112 cm³/mol. The second-order valence-corrected chi connectivity index (χ2v) is 7.41. The molecular weight excluding hydrogens is 376 g/mol. The van der Waals surface area contributed by atoms with Crippen molar-refractivity contribution in [1.82, 2.24) is 4.90 Å². The summed E-state index contributed by atoms with van der Waals surface area (Å²) >= 11 is 6.23. The number of amides is 1. The normalized spacial score (nSPS) is 15.0. The van der Waals surface area contributed by atoms with Crippen LogP contribution < -0.4 is 9.64 Å². The van der Waals surface area contributed by atoms with Gasteiger partial charge in [-0.15, -0.1) is 0 Å². The van der Waals surface area contributed by atoms with Crippen LogP contribution in [0.2, 0.25) is 5.02 Å². The molecule has 0 saturated carbocycles. The van der Waals surface area contributed by atoms with Crippen molar-refractivity contribution < 1.29 is 13.9 Å². The summed E-state index contributed by atoms with van der Waals surface area (Å²) in [6.45, 7) is 4.95. The van der Waals surface area contributed by atoms with Crippen molar-refractivity contribution in [3.63, 3.8) is 0 Å². The molecule has 0 atom stereocenters. The Labute approximate surface area is 169 Å². The van der Waals surface area contributed by atoms with E-state index in [1.165, 1.54) is 0 Å². The molecule has 28 heavy (non-hydrogen) atoms. The van der Waals surface area contributed by atoms with Crippen molar-refractivity contribution in [2.45, 2.75) is 13.3 Å². The fourth-order valence-electron chi connectivity index (χ4n) is 3.73. The van der Waals surface area contributed by atoms with Gasteiger partial charge in [0.05, 0.1) is 12.1 Å². The molecule has 0 aliphatic carbocycles. The van der Waals surface area contributed by atoms with Gasteiger partial charge in [0.1, 0.15) is 5.75 Å². The standard InChI is InChI=1S/C22H23ClN2O3/c1-15-18-5-3-6-19(23)21(18)28-20(15)22(26)25-12-4-11-24(13-14-25)16-7-9-17(27-2)10-8-16/h3,5-10H,4,11-14H2,1-2H3. The maximum Gasteiger partial charge on any atom is 0.289 e. The average Bonchev–Trinajstić information content (AvgIpc) is 2.90. The molecule has 1 aliphatic heterocycles. The van der Waals surface area contributed by atoms with Crippen molar-refractivity contribution in [2.75, 3.05) is 38.2 Å². The van der Waals surface area contributed by atoms with E-state index in [2.05, 4.69) is 17.0 Å². The summed E-state index contributed by atoms with van der Waals surface area (Å²) in [6.07, 6.45) is 0.901. The Morgan fingerprint density at radius 1 is 1.07 bits per heavy atom. The number of ether oxygens (including phenoxy) is 1. The predicted octanol–water partition coefficient (Wildman–Crippen LogP) is 4.76. The maximum absolute atomic E-state index is 13.1. The number of methoxy groups -OCH3 is 1. The van der Waals surface area contributed by atoms with Crippen molar-refractivity contribution in [2.24, 2.45) is 0 Å². The highest BCUT2D eigenvalue weighted by atomic mass is 35.5. The summed E-state index contributed by atoms with van der Waals surface area (Å²) in [7, 11) is 1.66. The highest BCUT2D eigenvalue weighted by Gasteiger charge is 2.26. The fourth-order valence-corrected chi connectivity index (χ4v) is 3.94. The van der Waals surface area contributed by atoms with Gasteiger partial charge in [-0.3, -0.25) is 4.79 Å². The number of carbonyl (C=O) groups is 1. The zero-order valence-corrected chi connectivity index (χ0v) is 16.8. The van der Waals surface area contributed by atoms with Crippen LogP contribution in [-0.2, 0) is 0 Å². The first kappa shape index (κ1) is 18.7. The lowest BCUT2D eigenvalue weighted by molar-refractivity contribution is 0.0736. The molecule has 3 aromatic rings. The number of rotatable bonds is 3. The van der Waals surface area contributed by atoms with Crippen LogP contribution in [0.3, 0.4) is 0 Å². The number of carbonyl (C=O) groups excluding carboxylic acids is 1. The third-order valence-electron chi connectivity index (χ3n) is 5.33. The smallest absolute Gasteiger partial charge is 0.289 e. The van der Waals surface area contributed by atoms with Crippen LogP contribution in [0.4, 0.5) is 5.69 Å². The number of furan rings is 1. The molecule has 0 radical (unpaired) electrons. The van der Waals surface area contributed by atoms with E-state index in [0.29, 0.717) is 29.5 Å². The van der Waals surface area contributed by atoms with Gasteiger partial charge in [-0.05, 0) is 43.7 Å². The van der Waals surface area contributed by atoms with E-state index in [-0.39, 0.29) is 5.91 Å². The lowest BCUT2D eigenvalue weighted by atomic mass is 10.1. The molecule has 1 fully saturated rings. The summed E-state index contributed by atoms with van der Waals surface area (Å²) < 4.78 is 11.1. The van der Waals surface area contributed by atoms with Gasteiger partial charge >= 0.3 is 0 Å². The Bertz CT molecular complexity index is 997. The third kappa shape index (κ3) is 3.42. The van der Waals surface area contributed by atoms with Crippen LogP contribution in [0, 0.1) is 6.92 Å². The topological polar surface area (TPSA) is 45.9 Å².